The minimum Gasteiger partial charge on any atom is -0.452 e. The standard InChI is InChI=1S/C22H28N2O4S/c1-5-14(2)17-9-6-7-10-18(17)24-22(27)15(3)28-21(26)13-19(23-16(4)25)20-11-8-12-29-20/h6-12,14-15,19H,5,13H2,1-4H3,(H,23,25)(H,24,27). The maximum Gasteiger partial charge on any atom is 0.309 e. The summed E-state index contributed by atoms with van der Waals surface area (Å²) in [7, 11) is 0. The Kier molecular flexibility index (Phi) is 8.39. The summed E-state index contributed by atoms with van der Waals surface area (Å²) in [5.74, 6) is -0.867. The Labute approximate surface area is 175 Å². The first-order valence-corrected chi connectivity index (χ1v) is 10.6. The molecular formula is C22H28N2O4S. The van der Waals surface area contributed by atoms with Crippen molar-refractivity contribution in [3.05, 3.63) is 52.2 Å². The van der Waals surface area contributed by atoms with E-state index in [9.17, 15) is 14.4 Å². The Morgan fingerprint density at radius 2 is 1.83 bits per heavy atom. The Balaban J connectivity index is 1.98. The summed E-state index contributed by atoms with van der Waals surface area (Å²) in [6.07, 6.45) is -0.0416. The number of carbonyl (C=O) groups excluding carboxylic acids is 3. The van der Waals surface area contributed by atoms with Crippen LogP contribution in [0.15, 0.2) is 41.8 Å². The van der Waals surface area contributed by atoms with Crippen LogP contribution < -0.4 is 10.6 Å². The van der Waals surface area contributed by atoms with Crippen molar-refractivity contribution in [3.63, 3.8) is 0 Å². The second-order valence-corrected chi connectivity index (χ2v) is 7.97. The molecular weight excluding hydrogens is 388 g/mol. The number of esters is 1. The molecule has 156 valence electrons. The van der Waals surface area contributed by atoms with Crippen molar-refractivity contribution in [2.45, 2.75) is 58.6 Å². The summed E-state index contributed by atoms with van der Waals surface area (Å²) in [5, 5.41) is 7.49. The molecule has 2 rings (SSSR count). The predicted octanol–water partition coefficient (Wildman–Crippen LogP) is 4.40. The van der Waals surface area contributed by atoms with Gasteiger partial charge in [0.15, 0.2) is 6.10 Å². The average Bonchev–Trinajstić information content (AvgIpc) is 3.21. The monoisotopic (exact) mass is 416 g/mol. The third kappa shape index (κ3) is 6.71. The lowest BCUT2D eigenvalue weighted by atomic mass is 9.97. The molecule has 0 saturated heterocycles. The smallest absolute Gasteiger partial charge is 0.309 e. The molecule has 2 amide bonds. The summed E-state index contributed by atoms with van der Waals surface area (Å²) in [6.45, 7) is 7.13. The maximum absolute atomic E-state index is 12.5. The molecule has 2 aromatic rings. The number of carbonyl (C=O) groups is 3. The van der Waals surface area contributed by atoms with Crippen LogP contribution in [0.4, 0.5) is 5.69 Å². The molecule has 1 aromatic heterocycles. The number of para-hydroxylation sites is 1. The third-order valence-corrected chi connectivity index (χ3v) is 5.66. The molecule has 0 aliphatic rings. The molecule has 3 atom stereocenters. The zero-order valence-corrected chi connectivity index (χ0v) is 18.0. The van der Waals surface area contributed by atoms with Gasteiger partial charge in [-0.05, 0) is 42.3 Å². The van der Waals surface area contributed by atoms with Crippen LogP contribution in [0.5, 0.6) is 0 Å². The fraction of sp³-hybridized carbons (Fsp3) is 0.409. The van der Waals surface area contributed by atoms with Crippen molar-refractivity contribution in [2.75, 3.05) is 5.32 Å². The fourth-order valence-corrected chi connectivity index (χ4v) is 3.70. The van der Waals surface area contributed by atoms with Crippen molar-refractivity contribution in [2.24, 2.45) is 0 Å². The van der Waals surface area contributed by atoms with Crippen LogP contribution in [0.3, 0.4) is 0 Å². The first-order valence-electron chi connectivity index (χ1n) is 9.71. The summed E-state index contributed by atoms with van der Waals surface area (Å²) >= 11 is 1.45. The van der Waals surface area contributed by atoms with Gasteiger partial charge in [-0.1, -0.05) is 38.1 Å². The number of thiophene rings is 1. The minimum atomic E-state index is -0.950. The predicted molar refractivity (Wildman–Crippen MR) is 115 cm³/mol. The highest BCUT2D eigenvalue weighted by Gasteiger charge is 2.23. The third-order valence-electron chi connectivity index (χ3n) is 4.67. The van der Waals surface area contributed by atoms with Gasteiger partial charge in [-0.15, -0.1) is 11.3 Å². The number of amides is 2. The summed E-state index contributed by atoms with van der Waals surface area (Å²) in [6, 6.07) is 10.9. The Morgan fingerprint density at radius 3 is 2.45 bits per heavy atom. The molecule has 1 aromatic carbocycles. The molecule has 0 spiro atoms. The molecule has 29 heavy (non-hydrogen) atoms. The van der Waals surface area contributed by atoms with Gasteiger partial charge in [0, 0.05) is 17.5 Å². The maximum atomic E-state index is 12.5. The molecule has 2 N–H and O–H groups in total. The molecule has 0 aliphatic carbocycles. The molecule has 0 fully saturated rings. The molecule has 0 aliphatic heterocycles. The van der Waals surface area contributed by atoms with Gasteiger partial charge in [0.1, 0.15) is 0 Å². The van der Waals surface area contributed by atoms with Crippen molar-refractivity contribution >= 4 is 34.8 Å². The summed E-state index contributed by atoms with van der Waals surface area (Å²) in [4.78, 5) is 37.2. The van der Waals surface area contributed by atoms with Gasteiger partial charge in [0.05, 0.1) is 12.5 Å². The molecule has 0 bridgehead atoms. The van der Waals surface area contributed by atoms with E-state index in [0.717, 1.165) is 22.5 Å². The Hall–Kier alpha value is -2.67. The Morgan fingerprint density at radius 1 is 1.10 bits per heavy atom. The van der Waals surface area contributed by atoms with Crippen molar-refractivity contribution in [1.82, 2.24) is 5.32 Å². The van der Waals surface area contributed by atoms with Crippen LogP contribution >= 0.6 is 11.3 Å². The zero-order valence-electron chi connectivity index (χ0n) is 17.2. The lowest BCUT2D eigenvalue weighted by Gasteiger charge is -2.19. The van der Waals surface area contributed by atoms with E-state index < -0.39 is 18.1 Å². The number of hydrogen-bond acceptors (Lipinski definition) is 5. The topological polar surface area (TPSA) is 84.5 Å². The van der Waals surface area contributed by atoms with Crippen molar-refractivity contribution < 1.29 is 19.1 Å². The van der Waals surface area contributed by atoms with Crippen LogP contribution in [0.1, 0.15) is 62.9 Å². The van der Waals surface area contributed by atoms with Gasteiger partial charge in [-0.2, -0.15) is 0 Å². The molecule has 0 saturated carbocycles. The Bertz CT molecular complexity index is 835. The quantitative estimate of drug-likeness (QED) is 0.594. The fourth-order valence-electron chi connectivity index (χ4n) is 2.92. The van der Waals surface area contributed by atoms with E-state index in [-0.39, 0.29) is 18.2 Å². The normalized spacial score (nSPS) is 13.8. The van der Waals surface area contributed by atoms with Crippen LogP contribution in [0.25, 0.3) is 0 Å². The van der Waals surface area contributed by atoms with Crippen LogP contribution in [0, 0.1) is 0 Å². The summed E-state index contributed by atoms with van der Waals surface area (Å²) in [5.41, 5.74) is 1.77. The number of benzene rings is 1. The lowest BCUT2D eigenvalue weighted by Crippen LogP contribution is -2.33. The first-order chi connectivity index (χ1) is 13.8. The van der Waals surface area contributed by atoms with E-state index in [4.69, 9.17) is 4.74 Å². The first kappa shape index (κ1) is 22.6. The van der Waals surface area contributed by atoms with Gasteiger partial charge >= 0.3 is 5.97 Å². The molecule has 3 unspecified atom stereocenters. The van der Waals surface area contributed by atoms with Gasteiger partial charge in [0.2, 0.25) is 5.91 Å². The highest BCUT2D eigenvalue weighted by Crippen LogP contribution is 2.27. The molecule has 0 radical (unpaired) electrons. The largest absolute Gasteiger partial charge is 0.452 e. The minimum absolute atomic E-state index is 0.0405. The molecule has 1 heterocycles. The van der Waals surface area contributed by atoms with Gasteiger partial charge in [0.25, 0.3) is 5.91 Å². The van der Waals surface area contributed by atoms with E-state index in [2.05, 4.69) is 24.5 Å². The van der Waals surface area contributed by atoms with Crippen molar-refractivity contribution in [1.29, 1.82) is 0 Å². The van der Waals surface area contributed by atoms with E-state index in [0.29, 0.717) is 5.92 Å². The second kappa shape index (κ2) is 10.8. The van der Waals surface area contributed by atoms with Crippen LogP contribution in [-0.4, -0.2) is 23.9 Å². The van der Waals surface area contributed by atoms with E-state index in [1.807, 2.05) is 41.8 Å². The summed E-state index contributed by atoms with van der Waals surface area (Å²) < 4.78 is 5.32. The SMILES string of the molecule is CCC(C)c1ccccc1NC(=O)C(C)OC(=O)CC(NC(C)=O)c1cccs1. The average molecular weight is 417 g/mol. The van der Waals surface area contributed by atoms with E-state index in [1.54, 1.807) is 0 Å². The number of ether oxygens (including phenoxy) is 1. The molecule has 6 nitrogen and oxygen atoms in total. The number of anilines is 1. The van der Waals surface area contributed by atoms with E-state index in [1.165, 1.54) is 25.2 Å². The van der Waals surface area contributed by atoms with Crippen LogP contribution in [-0.2, 0) is 19.1 Å². The van der Waals surface area contributed by atoms with Gasteiger partial charge < -0.3 is 15.4 Å². The lowest BCUT2D eigenvalue weighted by molar-refractivity contribution is -0.153. The van der Waals surface area contributed by atoms with E-state index >= 15 is 0 Å². The number of nitrogens with one attached hydrogen (secondary N) is 2. The highest BCUT2D eigenvalue weighted by molar-refractivity contribution is 7.10. The molecule has 7 heteroatoms. The highest BCUT2D eigenvalue weighted by atomic mass is 32.1. The van der Waals surface area contributed by atoms with Crippen LogP contribution in [0.2, 0.25) is 0 Å². The van der Waals surface area contributed by atoms with Gasteiger partial charge in [-0.25, -0.2) is 0 Å². The second-order valence-electron chi connectivity index (χ2n) is 6.99. The van der Waals surface area contributed by atoms with Gasteiger partial charge in [-0.3, -0.25) is 14.4 Å². The van der Waals surface area contributed by atoms with Crippen molar-refractivity contribution in [3.8, 4) is 0 Å². The zero-order chi connectivity index (χ0) is 21.4. The number of rotatable bonds is 9. The number of hydrogen-bond donors (Lipinski definition) is 2.